The first kappa shape index (κ1) is 11.2. The Bertz CT molecular complexity index is 631. The number of fused-ring (bicyclic) bond motifs is 4. The Morgan fingerprint density at radius 1 is 0.895 bits per heavy atom. The van der Waals surface area contributed by atoms with Gasteiger partial charge in [0.25, 0.3) is 0 Å². The Labute approximate surface area is 115 Å². The average molecular weight is 250 g/mol. The molecule has 0 spiro atoms. The van der Waals surface area contributed by atoms with Gasteiger partial charge in [0.05, 0.1) is 13.6 Å². The van der Waals surface area contributed by atoms with Crippen LogP contribution in [0.25, 0.3) is 0 Å². The monoisotopic (exact) mass is 250 g/mol. The van der Waals surface area contributed by atoms with Crippen molar-refractivity contribution in [2.24, 2.45) is 0 Å². The summed E-state index contributed by atoms with van der Waals surface area (Å²) in [6, 6.07) is 18.7. The van der Waals surface area contributed by atoms with E-state index in [9.17, 15) is 0 Å². The van der Waals surface area contributed by atoms with Crippen molar-refractivity contribution >= 4 is 0 Å². The van der Waals surface area contributed by atoms with E-state index in [1.54, 1.807) is 22.3 Å². The van der Waals surface area contributed by atoms with E-state index in [0.717, 1.165) is 0 Å². The van der Waals surface area contributed by atoms with Gasteiger partial charge < -0.3 is 4.48 Å². The summed E-state index contributed by atoms with van der Waals surface area (Å²) < 4.78 is 1.19. The molecule has 1 heteroatoms. The first-order valence-corrected chi connectivity index (χ1v) is 7.25. The lowest BCUT2D eigenvalue weighted by Crippen LogP contribution is -2.53. The summed E-state index contributed by atoms with van der Waals surface area (Å²) in [5, 5.41) is 0. The van der Waals surface area contributed by atoms with Crippen LogP contribution in [0.4, 0.5) is 0 Å². The molecule has 0 aromatic heterocycles. The lowest BCUT2D eigenvalue weighted by Gasteiger charge is -2.48. The van der Waals surface area contributed by atoms with E-state index in [0.29, 0.717) is 6.04 Å². The van der Waals surface area contributed by atoms with Gasteiger partial charge in [-0.05, 0) is 11.1 Å². The van der Waals surface area contributed by atoms with Gasteiger partial charge in [0, 0.05) is 24.0 Å². The highest BCUT2D eigenvalue weighted by molar-refractivity contribution is 5.36. The molecule has 2 atom stereocenters. The van der Waals surface area contributed by atoms with Gasteiger partial charge in [0.15, 0.2) is 0 Å². The summed E-state index contributed by atoms with van der Waals surface area (Å²) in [6.07, 6.45) is 2.43. The highest BCUT2D eigenvalue weighted by Gasteiger charge is 2.42. The van der Waals surface area contributed by atoms with Gasteiger partial charge in [0.2, 0.25) is 0 Å². The Kier molecular flexibility index (Phi) is 2.33. The van der Waals surface area contributed by atoms with Crippen LogP contribution in [0.2, 0.25) is 0 Å². The molecule has 4 rings (SSSR count). The third kappa shape index (κ3) is 1.65. The summed E-state index contributed by atoms with van der Waals surface area (Å²) in [5.41, 5.74) is 6.27. The zero-order valence-corrected chi connectivity index (χ0v) is 11.5. The minimum Gasteiger partial charge on any atom is -0.316 e. The molecule has 0 N–H and O–H groups in total. The van der Waals surface area contributed by atoms with Crippen LogP contribution in [0.1, 0.15) is 28.3 Å². The lowest BCUT2D eigenvalue weighted by molar-refractivity contribution is -0.956. The maximum Gasteiger partial charge on any atom is 0.119 e. The fourth-order valence-corrected chi connectivity index (χ4v) is 3.98. The van der Waals surface area contributed by atoms with Gasteiger partial charge in [-0.2, -0.15) is 0 Å². The first-order valence-electron chi connectivity index (χ1n) is 7.25. The zero-order chi connectivity index (χ0) is 12.9. The highest BCUT2D eigenvalue weighted by atomic mass is 15.4. The predicted octanol–water partition coefficient (Wildman–Crippen LogP) is 3.49. The summed E-state index contributed by atoms with van der Waals surface area (Å²) in [6.45, 7) is 2.46. The van der Waals surface area contributed by atoms with Crippen LogP contribution >= 0.6 is 0 Å². The van der Waals surface area contributed by atoms with Crippen molar-refractivity contribution in [1.29, 1.82) is 0 Å². The van der Waals surface area contributed by atoms with Crippen molar-refractivity contribution in [3.05, 3.63) is 70.8 Å². The van der Waals surface area contributed by atoms with Crippen molar-refractivity contribution < 1.29 is 4.48 Å². The molecule has 2 aromatic carbocycles. The summed E-state index contributed by atoms with van der Waals surface area (Å²) in [4.78, 5) is 0. The Morgan fingerprint density at radius 2 is 1.58 bits per heavy atom. The lowest BCUT2D eigenvalue weighted by atomic mass is 9.82. The Morgan fingerprint density at radius 3 is 2.42 bits per heavy atom. The average Bonchev–Trinajstić information content (AvgIpc) is 2.45. The maximum atomic E-state index is 2.44. The second-order valence-corrected chi connectivity index (χ2v) is 6.30. The summed E-state index contributed by atoms with van der Waals surface area (Å²) in [7, 11) is 2.44. The molecule has 2 aromatic rings. The maximum absolute atomic E-state index is 2.44. The Hall–Kier alpha value is -1.60. The molecule has 0 aliphatic carbocycles. The number of rotatable bonds is 0. The van der Waals surface area contributed by atoms with Crippen LogP contribution in [0.15, 0.2) is 48.5 Å². The fraction of sp³-hybridized carbons (Fsp3) is 0.333. The second-order valence-electron chi connectivity index (χ2n) is 6.30. The molecular formula is C18H20N+. The first-order chi connectivity index (χ1) is 9.26. The summed E-state index contributed by atoms with van der Waals surface area (Å²) >= 11 is 0. The number of likely N-dealkylation sites (N-methyl/N-ethyl adjacent to an activating group) is 1. The van der Waals surface area contributed by atoms with E-state index in [2.05, 4.69) is 55.6 Å². The second kappa shape index (κ2) is 3.94. The van der Waals surface area contributed by atoms with Crippen LogP contribution in [0.5, 0.6) is 0 Å². The van der Waals surface area contributed by atoms with Gasteiger partial charge >= 0.3 is 0 Å². The van der Waals surface area contributed by atoms with E-state index in [1.807, 2.05) is 0 Å². The summed E-state index contributed by atoms with van der Waals surface area (Å²) in [5.74, 6) is 0. The van der Waals surface area contributed by atoms with Crippen LogP contribution in [0, 0.1) is 0 Å². The molecule has 2 aliphatic rings. The molecule has 1 nitrogen and oxygen atoms in total. The predicted molar refractivity (Wildman–Crippen MR) is 77.8 cm³/mol. The minimum atomic E-state index is 0.653. The molecule has 0 amide bonds. The third-order valence-electron chi connectivity index (χ3n) is 5.12. The number of hydrogen-bond acceptors (Lipinski definition) is 0. The molecule has 0 bridgehead atoms. The fourth-order valence-electron chi connectivity index (χ4n) is 3.98. The quantitative estimate of drug-likeness (QED) is 0.628. The van der Waals surface area contributed by atoms with Crippen molar-refractivity contribution in [2.45, 2.75) is 25.4 Å². The van der Waals surface area contributed by atoms with E-state index in [4.69, 9.17) is 0 Å². The minimum absolute atomic E-state index is 0.653. The molecule has 0 saturated carbocycles. The topological polar surface area (TPSA) is 0 Å². The van der Waals surface area contributed by atoms with E-state index in [-0.39, 0.29) is 0 Å². The molecule has 0 fully saturated rings. The van der Waals surface area contributed by atoms with Crippen molar-refractivity contribution in [2.75, 3.05) is 13.6 Å². The largest absolute Gasteiger partial charge is 0.316 e. The van der Waals surface area contributed by atoms with Gasteiger partial charge in [-0.1, -0.05) is 48.5 Å². The molecule has 2 aliphatic heterocycles. The highest BCUT2D eigenvalue weighted by Crippen LogP contribution is 2.42. The van der Waals surface area contributed by atoms with Crippen molar-refractivity contribution in [3.8, 4) is 0 Å². The number of quaternary nitrogens is 1. The Balaban J connectivity index is 1.85. The SMILES string of the molecule is C[N@@+]12CCc3ccccc3[C@@H]1Cc1ccccc1C2. The number of hydrogen-bond donors (Lipinski definition) is 0. The van der Waals surface area contributed by atoms with Crippen LogP contribution in [0.3, 0.4) is 0 Å². The van der Waals surface area contributed by atoms with Gasteiger partial charge in [-0.15, -0.1) is 0 Å². The van der Waals surface area contributed by atoms with Gasteiger partial charge in [0.1, 0.15) is 12.6 Å². The van der Waals surface area contributed by atoms with E-state index >= 15 is 0 Å². The molecule has 19 heavy (non-hydrogen) atoms. The number of benzene rings is 2. The van der Waals surface area contributed by atoms with Gasteiger partial charge in [-0.3, -0.25) is 0 Å². The number of nitrogens with zero attached hydrogens (tertiary/aromatic N) is 1. The van der Waals surface area contributed by atoms with E-state index in [1.165, 1.54) is 30.4 Å². The van der Waals surface area contributed by atoms with Crippen LogP contribution < -0.4 is 0 Å². The third-order valence-corrected chi connectivity index (χ3v) is 5.12. The molecular weight excluding hydrogens is 230 g/mol. The zero-order valence-electron chi connectivity index (χ0n) is 11.5. The van der Waals surface area contributed by atoms with Crippen LogP contribution in [-0.4, -0.2) is 18.1 Å². The van der Waals surface area contributed by atoms with Gasteiger partial charge in [-0.25, -0.2) is 0 Å². The van der Waals surface area contributed by atoms with Crippen LogP contribution in [-0.2, 0) is 19.4 Å². The van der Waals surface area contributed by atoms with Crippen molar-refractivity contribution in [1.82, 2.24) is 0 Å². The normalized spacial score (nSPS) is 28.2. The molecule has 0 radical (unpaired) electrons. The molecule has 0 saturated heterocycles. The molecule has 2 heterocycles. The van der Waals surface area contributed by atoms with E-state index < -0.39 is 0 Å². The molecule has 96 valence electrons. The standard InChI is InChI=1S/C18H20N/c1-19-11-10-14-6-4-5-9-17(14)18(19)12-15-7-2-3-8-16(15)13-19/h2-9,18H,10-13H2,1H3/q+1/t18-,19-/m0/s1. The molecule has 0 unspecified atom stereocenters. The smallest absolute Gasteiger partial charge is 0.119 e. The van der Waals surface area contributed by atoms with Crippen molar-refractivity contribution in [3.63, 3.8) is 0 Å².